The Bertz CT molecular complexity index is 659. The molecule has 0 unspecified atom stereocenters. The molecule has 0 amide bonds. The first-order valence-electron chi connectivity index (χ1n) is 8.30. The number of likely N-dealkylation sites (tertiary alicyclic amines) is 1. The molecule has 2 aromatic rings. The lowest BCUT2D eigenvalue weighted by molar-refractivity contribution is -0.139. The summed E-state index contributed by atoms with van der Waals surface area (Å²) in [5.41, 5.74) is 2.21. The number of aliphatic carboxylic acids is 1. The third kappa shape index (κ3) is 3.74. The molecule has 0 spiro atoms. The molecule has 0 atom stereocenters. The summed E-state index contributed by atoms with van der Waals surface area (Å²) in [6, 6.07) is 8.65. The van der Waals surface area contributed by atoms with Crippen molar-refractivity contribution in [1.29, 1.82) is 0 Å². The van der Waals surface area contributed by atoms with E-state index in [4.69, 9.17) is 9.52 Å². The van der Waals surface area contributed by atoms with E-state index < -0.39 is 5.97 Å². The van der Waals surface area contributed by atoms with E-state index in [2.05, 4.69) is 28.0 Å². The second kappa shape index (κ2) is 7.15. The molecule has 1 aliphatic rings. The Labute approximate surface area is 136 Å². The Balaban J connectivity index is 1.59. The Morgan fingerprint density at radius 1 is 1.35 bits per heavy atom. The van der Waals surface area contributed by atoms with Crippen molar-refractivity contribution in [1.82, 2.24) is 9.80 Å². The van der Waals surface area contributed by atoms with E-state index in [9.17, 15) is 4.79 Å². The van der Waals surface area contributed by atoms with Crippen molar-refractivity contribution < 1.29 is 14.3 Å². The van der Waals surface area contributed by atoms with Crippen molar-refractivity contribution in [3.05, 3.63) is 36.1 Å². The number of hydrogen-bond acceptors (Lipinski definition) is 4. The quantitative estimate of drug-likeness (QED) is 0.888. The van der Waals surface area contributed by atoms with E-state index in [1.54, 1.807) is 6.26 Å². The van der Waals surface area contributed by atoms with Gasteiger partial charge < -0.3 is 9.52 Å². The van der Waals surface area contributed by atoms with Crippen molar-refractivity contribution in [3.63, 3.8) is 0 Å². The maximum atomic E-state index is 11.0. The topological polar surface area (TPSA) is 56.9 Å². The number of hydrogen-bond donors (Lipinski definition) is 1. The van der Waals surface area contributed by atoms with Gasteiger partial charge in [-0.1, -0.05) is 25.1 Å². The Hall–Kier alpha value is -1.85. The molecule has 124 valence electrons. The van der Waals surface area contributed by atoms with Crippen molar-refractivity contribution in [2.45, 2.75) is 32.4 Å². The molecule has 1 aromatic heterocycles. The van der Waals surface area contributed by atoms with Crippen LogP contribution in [0.1, 0.15) is 25.3 Å². The molecule has 1 aliphatic heterocycles. The number of likely N-dealkylation sites (N-methyl/N-ethyl adjacent to an activating group) is 1. The van der Waals surface area contributed by atoms with Gasteiger partial charge in [0.1, 0.15) is 5.58 Å². The van der Waals surface area contributed by atoms with Gasteiger partial charge in [0.25, 0.3) is 0 Å². The van der Waals surface area contributed by atoms with E-state index in [1.807, 2.05) is 13.0 Å². The Morgan fingerprint density at radius 2 is 2.13 bits per heavy atom. The van der Waals surface area contributed by atoms with E-state index in [1.165, 1.54) is 5.56 Å². The summed E-state index contributed by atoms with van der Waals surface area (Å²) in [4.78, 5) is 15.5. The fraction of sp³-hybridized carbons (Fsp3) is 0.500. The molecule has 5 heteroatoms. The lowest BCUT2D eigenvalue weighted by Crippen LogP contribution is -2.46. The zero-order chi connectivity index (χ0) is 16.2. The number of piperidine rings is 1. The van der Waals surface area contributed by atoms with Crippen LogP contribution in [0.5, 0.6) is 0 Å². The van der Waals surface area contributed by atoms with Crippen LogP contribution in [0.3, 0.4) is 0 Å². The standard InChI is InChI=1S/C18H24N2O3/c1-2-20(13-17(21)22)16-6-9-19(10-7-16)12-15-5-3-4-14-8-11-23-18(14)15/h3-5,8,11,16H,2,6-7,9-10,12-13H2,1H3,(H,21,22). The van der Waals surface area contributed by atoms with Crippen molar-refractivity contribution in [2.75, 3.05) is 26.2 Å². The third-order valence-electron chi connectivity index (χ3n) is 4.77. The lowest BCUT2D eigenvalue weighted by atomic mass is 10.0. The predicted molar refractivity (Wildman–Crippen MR) is 89.4 cm³/mol. The SMILES string of the molecule is CCN(CC(=O)O)C1CCN(Cc2cccc3ccoc23)CC1. The highest BCUT2D eigenvalue weighted by molar-refractivity contribution is 5.80. The number of carbonyl (C=O) groups is 1. The molecule has 0 radical (unpaired) electrons. The number of rotatable bonds is 6. The molecule has 1 aromatic carbocycles. The number of benzene rings is 1. The number of para-hydroxylation sites is 1. The van der Waals surface area contributed by atoms with Gasteiger partial charge in [-0.3, -0.25) is 14.6 Å². The highest BCUT2D eigenvalue weighted by atomic mass is 16.4. The zero-order valence-corrected chi connectivity index (χ0v) is 13.6. The van der Waals surface area contributed by atoms with Gasteiger partial charge in [-0.2, -0.15) is 0 Å². The average molecular weight is 316 g/mol. The lowest BCUT2D eigenvalue weighted by Gasteiger charge is -2.37. The molecule has 1 N–H and O–H groups in total. The summed E-state index contributed by atoms with van der Waals surface area (Å²) in [6.07, 6.45) is 3.79. The summed E-state index contributed by atoms with van der Waals surface area (Å²) < 4.78 is 5.61. The fourth-order valence-electron chi connectivity index (χ4n) is 3.54. The van der Waals surface area contributed by atoms with Crippen molar-refractivity contribution >= 4 is 16.9 Å². The minimum Gasteiger partial charge on any atom is -0.480 e. The Morgan fingerprint density at radius 3 is 2.83 bits per heavy atom. The third-order valence-corrected chi connectivity index (χ3v) is 4.77. The first kappa shape index (κ1) is 16.0. The first-order chi connectivity index (χ1) is 11.2. The van der Waals surface area contributed by atoms with Crippen LogP contribution < -0.4 is 0 Å². The maximum absolute atomic E-state index is 11.0. The summed E-state index contributed by atoms with van der Waals surface area (Å²) in [5.74, 6) is -0.737. The van der Waals surface area contributed by atoms with Crippen LogP contribution in [0.4, 0.5) is 0 Å². The van der Waals surface area contributed by atoms with Crippen LogP contribution >= 0.6 is 0 Å². The van der Waals surface area contributed by atoms with Crippen LogP contribution in [-0.4, -0.2) is 53.1 Å². The van der Waals surface area contributed by atoms with Gasteiger partial charge in [0.2, 0.25) is 0 Å². The maximum Gasteiger partial charge on any atom is 0.317 e. The average Bonchev–Trinajstić information content (AvgIpc) is 3.03. The van der Waals surface area contributed by atoms with Gasteiger partial charge in [0.05, 0.1) is 12.8 Å². The molecule has 23 heavy (non-hydrogen) atoms. The molecule has 2 heterocycles. The summed E-state index contributed by atoms with van der Waals surface area (Å²) in [6.45, 7) is 5.86. The van der Waals surface area contributed by atoms with Crippen LogP contribution in [0, 0.1) is 0 Å². The van der Waals surface area contributed by atoms with Gasteiger partial charge in [0, 0.05) is 23.5 Å². The number of carboxylic acids is 1. The van der Waals surface area contributed by atoms with Crippen molar-refractivity contribution in [2.24, 2.45) is 0 Å². The van der Waals surface area contributed by atoms with Crippen molar-refractivity contribution in [3.8, 4) is 0 Å². The molecule has 0 bridgehead atoms. The highest BCUT2D eigenvalue weighted by Crippen LogP contribution is 2.23. The zero-order valence-electron chi connectivity index (χ0n) is 13.6. The van der Waals surface area contributed by atoms with E-state index in [0.717, 1.165) is 50.0 Å². The monoisotopic (exact) mass is 316 g/mol. The van der Waals surface area contributed by atoms with Gasteiger partial charge in [-0.05, 0) is 38.5 Å². The summed E-state index contributed by atoms with van der Waals surface area (Å²) in [7, 11) is 0. The fourth-order valence-corrected chi connectivity index (χ4v) is 3.54. The van der Waals surface area contributed by atoms with E-state index in [-0.39, 0.29) is 6.54 Å². The highest BCUT2D eigenvalue weighted by Gasteiger charge is 2.25. The normalized spacial score (nSPS) is 17.1. The minimum absolute atomic E-state index is 0.146. The number of carboxylic acid groups (broad SMARTS) is 1. The number of nitrogens with zero attached hydrogens (tertiary/aromatic N) is 2. The number of furan rings is 1. The molecule has 1 fully saturated rings. The molecular weight excluding hydrogens is 292 g/mol. The van der Waals surface area contributed by atoms with Gasteiger partial charge in [-0.15, -0.1) is 0 Å². The molecular formula is C18H24N2O3. The minimum atomic E-state index is -0.737. The second-order valence-corrected chi connectivity index (χ2v) is 6.22. The predicted octanol–water partition coefficient (Wildman–Crippen LogP) is 2.80. The first-order valence-corrected chi connectivity index (χ1v) is 8.30. The van der Waals surface area contributed by atoms with E-state index >= 15 is 0 Å². The largest absolute Gasteiger partial charge is 0.480 e. The molecule has 1 saturated heterocycles. The summed E-state index contributed by atoms with van der Waals surface area (Å²) in [5, 5.41) is 10.2. The Kier molecular flexibility index (Phi) is 4.98. The van der Waals surface area contributed by atoms with Crippen LogP contribution in [0.15, 0.2) is 34.9 Å². The molecule has 0 saturated carbocycles. The second-order valence-electron chi connectivity index (χ2n) is 6.22. The summed E-state index contributed by atoms with van der Waals surface area (Å²) >= 11 is 0. The van der Waals surface area contributed by atoms with E-state index in [0.29, 0.717) is 6.04 Å². The molecule has 5 nitrogen and oxygen atoms in total. The van der Waals surface area contributed by atoms with Crippen LogP contribution in [-0.2, 0) is 11.3 Å². The van der Waals surface area contributed by atoms with Gasteiger partial charge in [0.15, 0.2) is 0 Å². The molecule has 0 aliphatic carbocycles. The molecule has 3 rings (SSSR count). The van der Waals surface area contributed by atoms with Crippen LogP contribution in [0.25, 0.3) is 11.0 Å². The number of fused-ring (bicyclic) bond motifs is 1. The smallest absolute Gasteiger partial charge is 0.317 e. The van der Waals surface area contributed by atoms with Crippen LogP contribution in [0.2, 0.25) is 0 Å². The van der Waals surface area contributed by atoms with Gasteiger partial charge >= 0.3 is 5.97 Å². The van der Waals surface area contributed by atoms with Gasteiger partial charge in [-0.25, -0.2) is 0 Å².